The average molecular weight is 387 g/mol. The van der Waals surface area contributed by atoms with Crippen molar-refractivity contribution in [3.05, 3.63) is 78.2 Å². The number of benzene rings is 2. The average Bonchev–Trinajstić information content (AvgIpc) is 3.17. The van der Waals surface area contributed by atoms with Crippen molar-refractivity contribution in [1.82, 2.24) is 14.5 Å². The molecule has 146 valence electrons. The van der Waals surface area contributed by atoms with E-state index in [1.807, 2.05) is 24.3 Å². The summed E-state index contributed by atoms with van der Waals surface area (Å²) in [5.41, 5.74) is 8.78. The van der Waals surface area contributed by atoms with Crippen LogP contribution >= 0.6 is 0 Å². The molecule has 2 heterocycles. The van der Waals surface area contributed by atoms with Crippen molar-refractivity contribution in [1.29, 1.82) is 0 Å². The van der Waals surface area contributed by atoms with E-state index in [9.17, 15) is 4.79 Å². The zero-order valence-corrected chi connectivity index (χ0v) is 16.0. The van der Waals surface area contributed by atoms with Crippen LogP contribution in [0.5, 0.6) is 5.75 Å². The molecule has 0 spiro atoms. The Morgan fingerprint density at radius 1 is 1.10 bits per heavy atom. The quantitative estimate of drug-likeness (QED) is 0.506. The molecule has 29 heavy (non-hydrogen) atoms. The van der Waals surface area contributed by atoms with Gasteiger partial charge < -0.3 is 20.4 Å². The maximum Gasteiger partial charge on any atom is 0.251 e. The van der Waals surface area contributed by atoms with Crippen molar-refractivity contribution in [2.45, 2.75) is 13.0 Å². The number of nitrogens with zero attached hydrogens (tertiary/aromatic N) is 3. The van der Waals surface area contributed by atoms with Gasteiger partial charge in [0.1, 0.15) is 5.75 Å². The summed E-state index contributed by atoms with van der Waals surface area (Å²) in [6.07, 6.45) is 5.83. The van der Waals surface area contributed by atoms with Gasteiger partial charge in [-0.3, -0.25) is 4.79 Å². The lowest BCUT2D eigenvalue weighted by molar-refractivity contribution is 0.0999. The van der Waals surface area contributed by atoms with Gasteiger partial charge in [-0.15, -0.1) is 0 Å². The van der Waals surface area contributed by atoms with Crippen molar-refractivity contribution in [3.8, 4) is 5.75 Å². The third-order valence-electron chi connectivity index (χ3n) is 4.80. The fourth-order valence-corrected chi connectivity index (χ4v) is 3.21. The van der Waals surface area contributed by atoms with Crippen LogP contribution in [0.4, 0.5) is 11.6 Å². The van der Waals surface area contributed by atoms with E-state index in [0.717, 1.165) is 35.3 Å². The maximum absolute atomic E-state index is 11.2. The standard InChI is InChI=1S/C22H21N5O2/c1-29-17-7-5-15(6-8-17)9-11-27-12-10-18-19(3-2-4-20(18)27)26-22-24-13-16(14-25-22)21(23)28/h2-8,10,12-14H,9,11H2,1H3,(H2,23,28)(H,24,25,26). The van der Waals surface area contributed by atoms with Gasteiger partial charge in [-0.1, -0.05) is 18.2 Å². The van der Waals surface area contributed by atoms with Crippen molar-refractivity contribution in [2.75, 3.05) is 12.4 Å². The Balaban J connectivity index is 1.52. The van der Waals surface area contributed by atoms with E-state index in [-0.39, 0.29) is 5.56 Å². The van der Waals surface area contributed by atoms with Crippen LogP contribution in [0.25, 0.3) is 10.9 Å². The minimum absolute atomic E-state index is 0.276. The number of anilines is 2. The SMILES string of the molecule is COc1ccc(CCn2ccc3c(Nc4ncc(C(N)=O)cn4)cccc32)cc1. The second-order valence-corrected chi connectivity index (χ2v) is 6.63. The van der Waals surface area contributed by atoms with Gasteiger partial charge >= 0.3 is 0 Å². The molecule has 4 aromatic rings. The highest BCUT2D eigenvalue weighted by atomic mass is 16.5. The maximum atomic E-state index is 11.2. The van der Waals surface area contributed by atoms with Gasteiger partial charge in [-0.2, -0.15) is 0 Å². The zero-order valence-electron chi connectivity index (χ0n) is 16.0. The fourth-order valence-electron chi connectivity index (χ4n) is 3.21. The molecular formula is C22H21N5O2. The molecule has 0 bridgehead atoms. The van der Waals surface area contributed by atoms with Crippen LogP contribution in [0, 0.1) is 0 Å². The fraction of sp³-hybridized carbons (Fsp3) is 0.136. The zero-order chi connectivity index (χ0) is 20.2. The number of nitrogens with one attached hydrogen (secondary N) is 1. The van der Waals surface area contributed by atoms with Crippen LogP contribution in [-0.2, 0) is 13.0 Å². The van der Waals surface area contributed by atoms with Gasteiger partial charge in [0.05, 0.1) is 23.9 Å². The molecule has 0 unspecified atom stereocenters. The first-order valence-electron chi connectivity index (χ1n) is 9.24. The monoisotopic (exact) mass is 387 g/mol. The van der Waals surface area contributed by atoms with Gasteiger partial charge in [0.2, 0.25) is 5.95 Å². The second kappa shape index (κ2) is 8.02. The summed E-state index contributed by atoms with van der Waals surface area (Å²) < 4.78 is 7.44. The number of fused-ring (bicyclic) bond motifs is 1. The molecule has 0 fully saturated rings. The normalized spacial score (nSPS) is 10.8. The van der Waals surface area contributed by atoms with Gasteiger partial charge in [0.15, 0.2) is 0 Å². The second-order valence-electron chi connectivity index (χ2n) is 6.63. The third-order valence-corrected chi connectivity index (χ3v) is 4.80. The number of ether oxygens (including phenoxy) is 1. The van der Waals surface area contributed by atoms with E-state index >= 15 is 0 Å². The van der Waals surface area contributed by atoms with Crippen molar-refractivity contribution in [2.24, 2.45) is 5.73 Å². The Bertz CT molecular complexity index is 1130. The molecule has 0 radical (unpaired) electrons. The van der Waals surface area contributed by atoms with E-state index in [2.05, 4.69) is 50.3 Å². The number of aromatic nitrogens is 3. The number of primary amides is 1. The van der Waals surface area contributed by atoms with Crippen molar-refractivity contribution in [3.63, 3.8) is 0 Å². The molecule has 2 aromatic heterocycles. The van der Waals surface area contributed by atoms with Crippen LogP contribution in [0.1, 0.15) is 15.9 Å². The Morgan fingerprint density at radius 3 is 2.55 bits per heavy atom. The van der Waals surface area contributed by atoms with E-state index in [4.69, 9.17) is 10.5 Å². The summed E-state index contributed by atoms with van der Waals surface area (Å²) in [5.74, 6) is 0.725. The van der Waals surface area contributed by atoms with Crippen LogP contribution in [0.3, 0.4) is 0 Å². The summed E-state index contributed by atoms with van der Waals surface area (Å²) in [4.78, 5) is 19.5. The largest absolute Gasteiger partial charge is 0.497 e. The number of hydrogen-bond acceptors (Lipinski definition) is 5. The van der Waals surface area contributed by atoms with Crippen LogP contribution in [0.2, 0.25) is 0 Å². The summed E-state index contributed by atoms with van der Waals surface area (Å²) in [6.45, 7) is 0.864. The Kier molecular flexibility index (Phi) is 5.11. The molecule has 3 N–H and O–H groups in total. The number of hydrogen-bond donors (Lipinski definition) is 2. The van der Waals surface area contributed by atoms with Gasteiger partial charge in [0.25, 0.3) is 5.91 Å². The molecule has 0 aliphatic heterocycles. The molecule has 0 saturated carbocycles. The van der Waals surface area contributed by atoms with E-state index in [1.165, 1.54) is 18.0 Å². The first kappa shape index (κ1) is 18.5. The first-order chi connectivity index (χ1) is 14.1. The molecule has 0 aliphatic carbocycles. The lowest BCUT2D eigenvalue weighted by atomic mass is 10.1. The first-order valence-corrected chi connectivity index (χ1v) is 9.24. The predicted octanol–water partition coefficient (Wildman–Crippen LogP) is 3.53. The smallest absolute Gasteiger partial charge is 0.251 e. The lowest BCUT2D eigenvalue weighted by Crippen LogP contribution is -2.12. The van der Waals surface area contributed by atoms with E-state index < -0.39 is 5.91 Å². The van der Waals surface area contributed by atoms with Crippen LogP contribution < -0.4 is 15.8 Å². The van der Waals surface area contributed by atoms with Crippen molar-refractivity contribution < 1.29 is 9.53 Å². The number of aryl methyl sites for hydroxylation is 2. The number of carbonyl (C=O) groups is 1. The topological polar surface area (TPSA) is 95.1 Å². The molecule has 7 heteroatoms. The minimum atomic E-state index is -0.549. The Labute approximate surface area is 168 Å². The van der Waals surface area contributed by atoms with E-state index in [1.54, 1.807) is 7.11 Å². The van der Waals surface area contributed by atoms with Gasteiger partial charge in [-0.05, 0) is 42.3 Å². The van der Waals surface area contributed by atoms with Crippen LogP contribution in [-0.4, -0.2) is 27.6 Å². The molecule has 1 amide bonds. The van der Waals surface area contributed by atoms with Crippen molar-refractivity contribution >= 4 is 28.4 Å². The number of methoxy groups -OCH3 is 1. The summed E-state index contributed by atoms with van der Waals surface area (Å²) in [6, 6.07) is 16.3. The number of nitrogens with two attached hydrogens (primary N) is 1. The predicted molar refractivity (Wildman–Crippen MR) is 112 cm³/mol. The highest BCUT2D eigenvalue weighted by molar-refractivity contribution is 5.94. The number of amides is 1. The Hall–Kier alpha value is -3.87. The Morgan fingerprint density at radius 2 is 1.86 bits per heavy atom. The molecule has 7 nitrogen and oxygen atoms in total. The lowest BCUT2D eigenvalue weighted by Gasteiger charge is -2.09. The summed E-state index contributed by atoms with van der Waals surface area (Å²) >= 11 is 0. The molecule has 0 atom stereocenters. The number of rotatable bonds is 7. The summed E-state index contributed by atoms with van der Waals surface area (Å²) in [5, 5.41) is 4.29. The molecule has 0 aliphatic rings. The highest BCUT2D eigenvalue weighted by Gasteiger charge is 2.08. The van der Waals surface area contributed by atoms with Gasteiger partial charge in [-0.25, -0.2) is 9.97 Å². The molecule has 2 aromatic carbocycles. The summed E-state index contributed by atoms with van der Waals surface area (Å²) in [7, 11) is 1.67. The molecule has 4 rings (SSSR count). The van der Waals surface area contributed by atoms with Gasteiger partial charge in [0, 0.05) is 30.5 Å². The highest BCUT2D eigenvalue weighted by Crippen LogP contribution is 2.26. The van der Waals surface area contributed by atoms with Crippen LogP contribution in [0.15, 0.2) is 67.1 Å². The third kappa shape index (κ3) is 4.03. The number of carbonyl (C=O) groups excluding carboxylic acids is 1. The van der Waals surface area contributed by atoms with E-state index in [0.29, 0.717) is 5.95 Å². The molecule has 0 saturated heterocycles. The minimum Gasteiger partial charge on any atom is -0.497 e. The molecular weight excluding hydrogens is 366 g/mol.